The predicted molar refractivity (Wildman–Crippen MR) is 54.8 cm³/mol. The molecule has 1 heterocycles. The van der Waals surface area contributed by atoms with Gasteiger partial charge < -0.3 is 9.88 Å². The minimum absolute atomic E-state index is 0.791. The first-order valence-corrected chi connectivity index (χ1v) is 5.64. The number of nitrogens with zero attached hydrogens (tertiary/aromatic N) is 2. The second-order valence-corrected chi connectivity index (χ2v) is 4.64. The summed E-state index contributed by atoms with van der Waals surface area (Å²) in [6.07, 6.45) is 9.51. The molecule has 0 amide bonds. The maximum Gasteiger partial charge on any atom is 0.0948 e. The molecule has 2 aliphatic carbocycles. The van der Waals surface area contributed by atoms with Crippen LogP contribution in [0.4, 0.5) is 0 Å². The second kappa shape index (κ2) is 3.39. The van der Waals surface area contributed by atoms with E-state index in [9.17, 15) is 0 Å². The lowest BCUT2D eigenvalue weighted by atomic mass is 10.4. The lowest BCUT2D eigenvalue weighted by molar-refractivity contribution is 0.572. The van der Waals surface area contributed by atoms with Crippen molar-refractivity contribution in [3.63, 3.8) is 0 Å². The van der Waals surface area contributed by atoms with Gasteiger partial charge in [-0.15, -0.1) is 0 Å². The highest BCUT2D eigenvalue weighted by Crippen LogP contribution is 2.30. The molecule has 0 unspecified atom stereocenters. The van der Waals surface area contributed by atoms with Gasteiger partial charge in [-0.05, 0) is 31.6 Å². The van der Waals surface area contributed by atoms with Crippen LogP contribution in [-0.4, -0.2) is 15.6 Å². The van der Waals surface area contributed by atoms with Gasteiger partial charge in [0.05, 0.1) is 12.0 Å². The van der Waals surface area contributed by atoms with Crippen molar-refractivity contribution in [3.05, 3.63) is 18.2 Å². The molecule has 76 valence electrons. The van der Waals surface area contributed by atoms with Gasteiger partial charge in [0, 0.05) is 25.3 Å². The smallest absolute Gasteiger partial charge is 0.0948 e. The number of aromatic nitrogens is 2. The molecule has 3 heteroatoms. The Labute approximate surface area is 84.5 Å². The number of hydrogen-bond acceptors (Lipinski definition) is 2. The van der Waals surface area contributed by atoms with E-state index < -0.39 is 0 Å². The highest BCUT2D eigenvalue weighted by atomic mass is 15.1. The molecule has 1 N–H and O–H groups in total. The Morgan fingerprint density at radius 3 is 2.93 bits per heavy atom. The number of rotatable bonds is 5. The van der Waals surface area contributed by atoms with Crippen LogP contribution in [0, 0.1) is 5.92 Å². The van der Waals surface area contributed by atoms with Crippen LogP contribution in [0.25, 0.3) is 0 Å². The van der Waals surface area contributed by atoms with Crippen LogP contribution in [0.1, 0.15) is 31.4 Å². The van der Waals surface area contributed by atoms with Crippen molar-refractivity contribution in [1.82, 2.24) is 14.9 Å². The summed E-state index contributed by atoms with van der Waals surface area (Å²) < 4.78 is 2.31. The third kappa shape index (κ3) is 1.98. The zero-order chi connectivity index (χ0) is 9.38. The van der Waals surface area contributed by atoms with Crippen LogP contribution < -0.4 is 5.32 Å². The van der Waals surface area contributed by atoms with E-state index in [1.165, 1.54) is 37.9 Å². The van der Waals surface area contributed by atoms with E-state index >= 15 is 0 Å². The molecule has 1 aromatic rings. The fraction of sp³-hybridized carbons (Fsp3) is 0.727. The SMILES string of the molecule is c1ncn(CC2CC2)c1CNC1CC1. The maximum absolute atomic E-state index is 4.22. The van der Waals surface area contributed by atoms with Crippen LogP contribution in [0.3, 0.4) is 0 Å². The van der Waals surface area contributed by atoms with E-state index in [2.05, 4.69) is 14.9 Å². The number of hydrogen-bond donors (Lipinski definition) is 1. The topological polar surface area (TPSA) is 29.9 Å². The molecule has 14 heavy (non-hydrogen) atoms. The first kappa shape index (κ1) is 8.48. The summed E-state index contributed by atoms with van der Waals surface area (Å²) >= 11 is 0. The largest absolute Gasteiger partial charge is 0.333 e. The molecule has 2 aliphatic rings. The first-order chi connectivity index (χ1) is 6.92. The molecule has 0 saturated heterocycles. The Hall–Kier alpha value is -0.830. The van der Waals surface area contributed by atoms with Gasteiger partial charge in [-0.25, -0.2) is 4.98 Å². The molecule has 0 radical (unpaired) electrons. The quantitative estimate of drug-likeness (QED) is 0.765. The van der Waals surface area contributed by atoms with Crippen molar-refractivity contribution >= 4 is 0 Å². The van der Waals surface area contributed by atoms with Gasteiger partial charge in [-0.2, -0.15) is 0 Å². The van der Waals surface area contributed by atoms with E-state index in [1.54, 1.807) is 0 Å². The van der Waals surface area contributed by atoms with E-state index in [0.717, 1.165) is 18.5 Å². The predicted octanol–water partition coefficient (Wildman–Crippen LogP) is 1.55. The van der Waals surface area contributed by atoms with Crippen LogP contribution in [0.15, 0.2) is 12.5 Å². The van der Waals surface area contributed by atoms with E-state index in [1.807, 2.05) is 12.5 Å². The molecule has 0 atom stereocenters. The summed E-state index contributed by atoms with van der Waals surface area (Å²) in [7, 11) is 0. The Bertz CT molecular complexity index is 310. The second-order valence-electron chi connectivity index (χ2n) is 4.64. The van der Waals surface area contributed by atoms with E-state index in [4.69, 9.17) is 0 Å². The fourth-order valence-electron chi connectivity index (χ4n) is 1.77. The zero-order valence-corrected chi connectivity index (χ0v) is 8.45. The van der Waals surface area contributed by atoms with Crippen molar-refractivity contribution in [2.45, 2.75) is 44.8 Å². The van der Waals surface area contributed by atoms with E-state index in [-0.39, 0.29) is 0 Å². The number of nitrogens with one attached hydrogen (secondary N) is 1. The molecule has 0 aliphatic heterocycles. The monoisotopic (exact) mass is 191 g/mol. The normalized spacial score (nSPS) is 21.4. The van der Waals surface area contributed by atoms with Crippen LogP contribution in [-0.2, 0) is 13.1 Å². The van der Waals surface area contributed by atoms with Crippen molar-refractivity contribution in [2.75, 3.05) is 0 Å². The molecular weight excluding hydrogens is 174 g/mol. The third-order valence-electron chi connectivity index (χ3n) is 3.10. The lowest BCUT2D eigenvalue weighted by Crippen LogP contribution is -2.18. The Morgan fingerprint density at radius 1 is 1.36 bits per heavy atom. The zero-order valence-electron chi connectivity index (χ0n) is 8.45. The van der Waals surface area contributed by atoms with Gasteiger partial charge >= 0.3 is 0 Å². The fourth-order valence-corrected chi connectivity index (χ4v) is 1.77. The molecule has 1 aromatic heterocycles. The summed E-state index contributed by atoms with van der Waals surface area (Å²) in [5, 5.41) is 3.53. The minimum atomic E-state index is 0.791. The van der Waals surface area contributed by atoms with E-state index in [0.29, 0.717) is 0 Å². The number of imidazole rings is 1. The van der Waals surface area contributed by atoms with Crippen molar-refractivity contribution < 1.29 is 0 Å². The Morgan fingerprint density at radius 2 is 2.21 bits per heavy atom. The summed E-state index contributed by atoms with van der Waals surface area (Å²) in [6, 6.07) is 0.791. The molecule has 0 bridgehead atoms. The molecule has 2 saturated carbocycles. The molecule has 0 spiro atoms. The average Bonchev–Trinajstić information content (AvgIpc) is 3.05. The Kier molecular flexibility index (Phi) is 2.05. The van der Waals surface area contributed by atoms with Crippen LogP contribution in [0.5, 0.6) is 0 Å². The molecule has 0 aromatic carbocycles. The van der Waals surface area contributed by atoms with Gasteiger partial charge in [0.1, 0.15) is 0 Å². The summed E-state index contributed by atoms with van der Waals surface area (Å²) in [5.41, 5.74) is 1.35. The maximum atomic E-state index is 4.22. The van der Waals surface area contributed by atoms with Crippen molar-refractivity contribution in [2.24, 2.45) is 5.92 Å². The third-order valence-corrected chi connectivity index (χ3v) is 3.10. The summed E-state index contributed by atoms with van der Waals surface area (Å²) in [4.78, 5) is 4.22. The lowest BCUT2D eigenvalue weighted by Gasteiger charge is -2.07. The van der Waals surface area contributed by atoms with Gasteiger partial charge in [0.25, 0.3) is 0 Å². The average molecular weight is 191 g/mol. The van der Waals surface area contributed by atoms with Crippen molar-refractivity contribution in [3.8, 4) is 0 Å². The Balaban J connectivity index is 1.59. The van der Waals surface area contributed by atoms with Gasteiger partial charge in [-0.1, -0.05) is 0 Å². The van der Waals surface area contributed by atoms with Gasteiger partial charge in [0.2, 0.25) is 0 Å². The van der Waals surface area contributed by atoms with Crippen LogP contribution >= 0.6 is 0 Å². The highest BCUT2D eigenvalue weighted by Gasteiger charge is 2.23. The molecule has 2 fully saturated rings. The highest BCUT2D eigenvalue weighted by molar-refractivity contribution is 5.00. The van der Waals surface area contributed by atoms with Crippen molar-refractivity contribution in [1.29, 1.82) is 0 Å². The first-order valence-electron chi connectivity index (χ1n) is 5.64. The standard InChI is InChI=1S/C11H17N3/c1-2-9(1)7-14-8-12-5-11(14)6-13-10-3-4-10/h5,8-10,13H,1-4,6-7H2. The molecular formula is C11H17N3. The van der Waals surface area contributed by atoms with Gasteiger partial charge in [0.15, 0.2) is 0 Å². The summed E-state index contributed by atoms with van der Waals surface area (Å²) in [6.45, 7) is 2.18. The molecule has 3 nitrogen and oxygen atoms in total. The minimum Gasteiger partial charge on any atom is -0.333 e. The molecule has 3 rings (SSSR count). The van der Waals surface area contributed by atoms with Crippen LogP contribution in [0.2, 0.25) is 0 Å². The summed E-state index contributed by atoms with van der Waals surface area (Å²) in [5.74, 6) is 0.934. The van der Waals surface area contributed by atoms with Gasteiger partial charge in [-0.3, -0.25) is 0 Å².